The van der Waals surface area contributed by atoms with E-state index in [2.05, 4.69) is 15.9 Å². The van der Waals surface area contributed by atoms with Gasteiger partial charge in [0, 0.05) is 16.7 Å². The van der Waals surface area contributed by atoms with Gasteiger partial charge in [-0.05, 0) is 24.6 Å². The summed E-state index contributed by atoms with van der Waals surface area (Å²) in [6.07, 6.45) is 0. The quantitative estimate of drug-likeness (QED) is 0.592. The van der Waals surface area contributed by atoms with E-state index >= 15 is 0 Å². The highest BCUT2D eigenvalue weighted by molar-refractivity contribution is 9.09. The zero-order valence-electron chi connectivity index (χ0n) is 10.7. The van der Waals surface area contributed by atoms with Gasteiger partial charge in [-0.3, -0.25) is 0 Å². The van der Waals surface area contributed by atoms with Crippen LogP contribution in [0, 0.1) is 5.82 Å². The van der Waals surface area contributed by atoms with Crippen LogP contribution >= 0.6 is 39.1 Å². The van der Waals surface area contributed by atoms with Gasteiger partial charge in [0.1, 0.15) is 11.6 Å². The van der Waals surface area contributed by atoms with E-state index in [0.29, 0.717) is 33.5 Å². The molecule has 0 aliphatic carbocycles. The molecule has 0 N–H and O–H groups in total. The Hall–Kier alpha value is -0.770. The van der Waals surface area contributed by atoms with E-state index in [1.54, 1.807) is 30.3 Å². The lowest BCUT2D eigenvalue weighted by Gasteiger charge is -2.15. The molecule has 2 aromatic carbocycles. The summed E-state index contributed by atoms with van der Waals surface area (Å²) in [5.41, 5.74) is 1.21. The Kier molecular flexibility index (Phi) is 5.30. The number of alkyl halides is 1. The molecule has 0 aliphatic rings. The molecule has 0 saturated heterocycles. The van der Waals surface area contributed by atoms with E-state index in [1.165, 1.54) is 6.07 Å². The van der Waals surface area contributed by atoms with Crippen molar-refractivity contribution in [3.05, 3.63) is 63.4 Å². The Bertz CT molecular complexity index is 619. The minimum absolute atomic E-state index is 0.296. The minimum atomic E-state index is -0.371. The summed E-state index contributed by atoms with van der Waals surface area (Å²) in [6.45, 7) is 2.37. The first-order valence-corrected chi connectivity index (χ1v) is 7.72. The predicted octanol–water partition coefficient (Wildman–Crippen LogP) is 6.02. The van der Waals surface area contributed by atoms with Crippen molar-refractivity contribution in [1.82, 2.24) is 0 Å². The van der Waals surface area contributed by atoms with Gasteiger partial charge >= 0.3 is 0 Å². The van der Waals surface area contributed by atoms with Crippen molar-refractivity contribution < 1.29 is 9.13 Å². The van der Waals surface area contributed by atoms with Crippen LogP contribution in [0.2, 0.25) is 10.0 Å². The Balaban J connectivity index is 2.43. The van der Waals surface area contributed by atoms with Crippen molar-refractivity contribution in [2.24, 2.45) is 0 Å². The molecule has 0 radical (unpaired) electrons. The van der Waals surface area contributed by atoms with Crippen LogP contribution in [0.1, 0.15) is 22.9 Å². The molecule has 1 unspecified atom stereocenters. The van der Waals surface area contributed by atoms with Crippen molar-refractivity contribution in [3.63, 3.8) is 0 Å². The molecule has 5 heteroatoms. The van der Waals surface area contributed by atoms with Gasteiger partial charge in [-0.1, -0.05) is 57.3 Å². The van der Waals surface area contributed by atoms with Crippen LogP contribution in [0.15, 0.2) is 36.4 Å². The largest absolute Gasteiger partial charge is 0.492 e. The number of rotatable bonds is 4. The fourth-order valence-electron chi connectivity index (χ4n) is 1.85. The molecule has 0 amide bonds. The third-order valence-corrected chi connectivity index (χ3v) is 4.41. The summed E-state index contributed by atoms with van der Waals surface area (Å²) in [7, 11) is 0. The zero-order chi connectivity index (χ0) is 14.7. The van der Waals surface area contributed by atoms with Crippen LogP contribution in [0.3, 0.4) is 0 Å². The first kappa shape index (κ1) is 15.6. The van der Waals surface area contributed by atoms with Crippen molar-refractivity contribution in [3.8, 4) is 5.75 Å². The smallest absolute Gasteiger partial charge is 0.139 e. The van der Waals surface area contributed by atoms with E-state index in [1.807, 2.05) is 6.92 Å². The molecule has 0 fully saturated rings. The second-order valence-corrected chi connectivity index (χ2v) is 5.85. The Morgan fingerprint density at radius 3 is 2.50 bits per heavy atom. The molecule has 0 saturated carbocycles. The molecule has 2 aromatic rings. The summed E-state index contributed by atoms with van der Waals surface area (Å²) in [5, 5.41) is 0.926. The number of ether oxygens (including phenoxy) is 1. The fraction of sp³-hybridized carbons (Fsp3) is 0.200. The molecule has 0 bridgehead atoms. The maximum atomic E-state index is 13.8. The fourth-order valence-corrected chi connectivity index (χ4v) is 3.22. The highest BCUT2D eigenvalue weighted by atomic mass is 79.9. The van der Waals surface area contributed by atoms with E-state index in [9.17, 15) is 4.39 Å². The Morgan fingerprint density at radius 1 is 1.15 bits per heavy atom. The van der Waals surface area contributed by atoms with Gasteiger partial charge < -0.3 is 4.74 Å². The second kappa shape index (κ2) is 6.79. The molecule has 2 rings (SSSR count). The average Bonchev–Trinajstić information content (AvgIpc) is 2.42. The van der Waals surface area contributed by atoms with Crippen LogP contribution in [-0.4, -0.2) is 6.61 Å². The molecule has 20 heavy (non-hydrogen) atoms. The second-order valence-electron chi connectivity index (χ2n) is 4.12. The van der Waals surface area contributed by atoms with E-state index < -0.39 is 0 Å². The van der Waals surface area contributed by atoms with Gasteiger partial charge in [0.05, 0.1) is 16.5 Å². The lowest BCUT2D eigenvalue weighted by molar-refractivity contribution is 0.340. The van der Waals surface area contributed by atoms with Crippen molar-refractivity contribution in [1.29, 1.82) is 0 Å². The number of hydrogen-bond acceptors (Lipinski definition) is 1. The van der Waals surface area contributed by atoms with Gasteiger partial charge in [0.15, 0.2) is 0 Å². The highest BCUT2D eigenvalue weighted by Gasteiger charge is 2.19. The summed E-state index contributed by atoms with van der Waals surface area (Å²) >= 11 is 15.9. The zero-order valence-corrected chi connectivity index (χ0v) is 13.8. The Labute approximate surface area is 135 Å². The minimum Gasteiger partial charge on any atom is -0.492 e. The van der Waals surface area contributed by atoms with E-state index in [-0.39, 0.29) is 10.6 Å². The van der Waals surface area contributed by atoms with Gasteiger partial charge in [0.25, 0.3) is 0 Å². The number of benzene rings is 2. The summed E-state index contributed by atoms with van der Waals surface area (Å²) in [4.78, 5) is -0.371. The number of halogens is 4. The average molecular weight is 378 g/mol. The highest BCUT2D eigenvalue weighted by Crippen LogP contribution is 2.40. The molecule has 0 aliphatic heterocycles. The maximum Gasteiger partial charge on any atom is 0.139 e. The Morgan fingerprint density at radius 2 is 1.85 bits per heavy atom. The lowest BCUT2D eigenvalue weighted by Crippen LogP contribution is -1.99. The predicted molar refractivity (Wildman–Crippen MR) is 84.8 cm³/mol. The van der Waals surface area contributed by atoms with Crippen LogP contribution in [0.5, 0.6) is 5.75 Å². The molecule has 0 heterocycles. The molecule has 106 valence electrons. The first-order chi connectivity index (χ1) is 9.54. The standard InChI is InChI=1S/C15H12BrCl2FO/c1-2-20-14-8-11(17)10(7-12(14)18)15(16)9-5-3-4-6-13(9)19/h3-8,15H,2H2,1H3. The SMILES string of the molecule is CCOc1cc(Cl)c(C(Br)c2ccccc2F)cc1Cl. The summed E-state index contributed by atoms with van der Waals surface area (Å²) in [6, 6.07) is 9.88. The third-order valence-electron chi connectivity index (χ3n) is 2.80. The molecule has 0 aromatic heterocycles. The topological polar surface area (TPSA) is 9.23 Å². The monoisotopic (exact) mass is 376 g/mol. The van der Waals surface area contributed by atoms with E-state index in [0.717, 1.165) is 0 Å². The molecular formula is C15H12BrCl2FO. The van der Waals surface area contributed by atoms with Gasteiger partial charge in [-0.25, -0.2) is 4.39 Å². The molecule has 1 nitrogen and oxygen atoms in total. The van der Waals surface area contributed by atoms with Gasteiger partial charge in [-0.2, -0.15) is 0 Å². The van der Waals surface area contributed by atoms with Crippen LogP contribution in [-0.2, 0) is 0 Å². The first-order valence-electron chi connectivity index (χ1n) is 6.04. The van der Waals surface area contributed by atoms with Crippen molar-refractivity contribution >= 4 is 39.1 Å². The van der Waals surface area contributed by atoms with Gasteiger partial charge in [0.2, 0.25) is 0 Å². The van der Waals surface area contributed by atoms with Crippen molar-refractivity contribution in [2.75, 3.05) is 6.61 Å². The normalized spacial score (nSPS) is 12.2. The van der Waals surface area contributed by atoms with E-state index in [4.69, 9.17) is 27.9 Å². The van der Waals surface area contributed by atoms with Crippen LogP contribution in [0.4, 0.5) is 4.39 Å². The number of hydrogen-bond donors (Lipinski definition) is 0. The molecular weight excluding hydrogens is 366 g/mol. The summed E-state index contributed by atoms with van der Waals surface area (Å²) < 4.78 is 19.2. The van der Waals surface area contributed by atoms with Gasteiger partial charge in [-0.15, -0.1) is 0 Å². The molecule has 0 spiro atoms. The van der Waals surface area contributed by atoms with Crippen LogP contribution in [0.25, 0.3) is 0 Å². The maximum absolute atomic E-state index is 13.8. The van der Waals surface area contributed by atoms with Crippen LogP contribution < -0.4 is 4.74 Å². The third kappa shape index (κ3) is 3.27. The summed E-state index contributed by atoms with van der Waals surface area (Å²) in [5.74, 6) is 0.228. The lowest BCUT2D eigenvalue weighted by atomic mass is 10.0. The van der Waals surface area contributed by atoms with Crippen molar-refractivity contribution in [2.45, 2.75) is 11.8 Å². The molecule has 1 atom stereocenters.